The minimum absolute atomic E-state index is 0.0589. The van der Waals surface area contributed by atoms with Crippen molar-refractivity contribution in [2.24, 2.45) is 11.5 Å². The van der Waals surface area contributed by atoms with Gasteiger partial charge in [0, 0.05) is 6.54 Å². The van der Waals surface area contributed by atoms with E-state index >= 15 is 0 Å². The normalized spacial score (nSPS) is 22.3. The van der Waals surface area contributed by atoms with Crippen molar-refractivity contribution < 1.29 is 32.2 Å². The number of hydrogen-bond donors (Lipinski definition) is 3. The molecule has 0 bridgehead atoms. The van der Waals surface area contributed by atoms with Gasteiger partial charge in [0.15, 0.2) is 15.4 Å². The van der Waals surface area contributed by atoms with Gasteiger partial charge >= 0.3 is 12.0 Å². The van der Waals surface area contributed by atoms with Crippen LogP contribution >= 0.6 is 0 Å². The van der Waals surface area contributed by atoms with Gasteiger partial charge in [0.2, 0.25) is 0 Å². The van der Waals surface area contributed by atoms with Gasteiger partial charge in [0.05, 0.1) is 15.7 Å². The van der Waals surface area contributed by atoms with Crippen molar-refractivity contribution in [2.75, 3.05) is 6.54 Å². The van der Waals surface area contributed by atoms with Crippen LogP contribution in [0.2, 0.25) is 0 Å². The van der Waals surface area contributed by atoms with E-state index in [4.69, 9.17) is 16.2 Å². The van der Waals surface area contributed by atoms with Crippen molar-refractivity contribution in [3.8, 4) is 5.75 Å². The smallest absolute Gasteiger partial charge is 0.327 e. The number of halogens is 1. The SMILES string of the molecule is Cc1cc(F)ccc1COc1ccc(S(=O)(=O)C2CCN(C(N)=O)C(C)(C)C2(N)C(=O)O)cc1. The Labute approximate surface area is 197 Å². The number of likely N-dealkylation sites (tertiary alicyclic amines) is 1. The van der Waals surface area contributed by atoms with Crippen molar-refractivity contribution in [3.63, 3.8) is 0 Å². The van der Waals surface area contributed by atoms with E-state index in [1.807, 2.05) is 0 Å². The van der Waals surface area contributed by atoms with E-state index in [0.29, 0.717) is 5.75 Å². The number of sulfone groups is 1. The molecule has 2 unspecified atom stereocenters. The number of carbonyl (C=O) groups is 2. The number of nitrogens with zero attached hydrogens (tertiary/aromatic N) is 1. The number of nitrogens with two attached hydrogens (primary N) is 2. The topological polar surface area (TPSA) is 153 Å². The molecule has 2 aromatic carbocycles. The average Bonchev–Trinajstić information content (AvgIpc) is 2.74. The molecule has 2 atom stereocenters. The van der Waals surface area contributed by atoms with E-state index in [2.05, 4.69) is 0 Å². The molecule has 1 aliphatic heterocycles. The third kappa shape index (κ3) is 4.21. The van der Waals surface area contributed by atoms with Crippen molar-refractivity contribution in [1.82, 2.24) is 4.90 Å². The number of hydrogen-bond acceptors (Lipinski definition) is 6. The molecular formula is C23H28FN3O6S. The molecule has 11 heteroatoms. The molecule has 34 heavy (non-hydrogen) atoms. The first-order valence-electron chi connectivity index (χ1n) is 10.5. The number of aliphatic carboxylic acids is 1. The van der Waals surface area contributed by atoms with E-state index in [1.54, 1.807) is 13.0 Å². The first kappa shape index (κ1) is 25.4. The lowest BCUT2D eigenvalue weighted by Crippen LogP contribution is -2.79. The van der Waals surface area contributed by atoms with Gasteiger partial charge in [-0.3, -0.25) is 4.79 Å². The fourth-order valence-corrected chi connectivity index (χ4v) is 6.57. The molecule has 2 amide bonds. The van der Waals surface area contributed by atoms with Crippen molar-refractivity contribution >= 4 is 21.8 Å². The van der Waals surface area contributed by atoms with Crippen LogP contribution in [0.15, 0.2) is 47.4 Å². The number of ether oxygens (including phenoxy) is 1. The van der Waals surface area contributed by atoms with Crippen LogP contribution in [0, 0.1) is 12.7 Å². The second-order valence-corrected chi connectivity index (χ2v) is 11.0. The molecule has 184 valence electrons. The first-order valence-corrected chi connectivity index (χ1v) is 12.1. The van der Waals surface area contributed by atoms with E-state index in [9.17, 15) is 27.5 Å². The Kier molecular flexibility index (Phi) is 6.64. The lowest BCUT2D eigenvalue weighted by molar-refractivity contribution is -0.150. The summed E-state index contributed by atoms with van der Waals surface area (Å²) in [4.78, 5) is 25.1. The fraction of sp³-hybridized carbons (Fsp3) is 0.391. The van der Waals surface area contributed by atoms with Crippen LogP contribution in [-0.2, 0) is 21.2 Å². The number of benzene rings is 2. The second kappa shape index (κ2) is 8.88. The maximum atomic E-state index is 13.5. The van der Waals surface area contributed by atoms with E-state index < -0.39 is 38.2 Å². The number of amides is 2. The van der Waals surface area contributed by atoms with Gasteiger partial charge in [-0.2, -0.15) is 0 Å². The Hall–Kier alpha value is -3.18. The molecule has 3 rings (SSSR count). The number of piperidine rings is 1. The molecule has 0 aromatic heterocycles. The van der Waals surface area contributed by atoms with E-state index in [0.717, 1.165) is 16.0 Å². The Balaban J connectivity index is 1.87. The van der Waals surface area contributed by atoms with Gasteiger partial charge in [-0.05, 0) is 74.7 Å². The summed E-state index contributed by atoms with van der Waals surface area (Å²) in [6.07, 6.45) is -0.195. The van der Waals surface area contributed by atoms with Gasteiger partial charge in [0.25, 0.3) is 0 Å². The highest BCUT2D eigenvalue weighted by molar-refractivity contribution is 7.92. The zero-order chi connectivity index (χ0) is 25.5. The molecule has 0 radical (unpaired) electrons. The van der Waals surface area contributed by atoms with Crippen molar-refractivity contribution in [1.29, 1.82) is 0 Å². The highest BCUT2D eigenvalue weighted by atomic mass is 32.2. The molecule has 1 saturated heterocycles. The highest BCUT2D eigenvalue weighted by Crippen LogP contribution is 2.41. The average molecular weight is 494 g/mol. The van der Waals surface area contributed by atoms with Crippen LogP contribution < -0.4 is 16.2 Å². The predicted molar refractivity (Wildman–Crippen MR) is 122 cm³/mol. The summed E-state index contributed by atoms with van der Waals surface area (Å²) in [5.74, 6) is -1.52. The van der Waals surface area contributed by atoms with Crippen LogP contribution in [0.4, 0.5) is 9.18 Å². The Morgan fingerprint density at radius 3 is 2.35 bits per heavy atom. The number of carboxylic acids is 1. The molecule has 5 N–H and O–H groups in total. The van der Waals surface area contributed by atoms with Crippen LogP contribution in [0.3, 0.4) is 0 Å². The summed E-state index contributed by atoms with van der Waals surface area (Å²) in [5, 5.41) is 8.46. The summed E-state index contributed by atoms with van der Waals surface area (Å²) < 4.78 is 45.9. The molecule has 0 saturated carbocycles. The lowest BCUT2D eigenvalue weighted by Gasteiger charge is -2.54. The van der Waals surface area contributed by atoms with Crippen molar-refractivity contribution in [2.45, 2.75) is 55.0 Å². The summed E-state index contributed by atoms with van der Waals surface area (Å²) in [7, 11) is -4.21. The van der Waals surface area contributed by atoms with Crippen LogP contribution in [0.5, 0.6) is 5.75 Å². The number of primary amides is 1. The third-order valence-corrected chi connectivity index (χ3v) is 8.94. The van der Waals surface area contributed by atoms with Crippen LogP contribution in [0.1, 0.15) is 31.4 Å². The van der Waals surface area contributed by atoms with Gasteiger partial charge in [-0.15, -0.1) is 0 Å². The quantitative estimate of drug-likeness (QED) is 0.557. The summed E-state index contributed by atoms with van der Waals surface area (Å²) in [6.45, 7) is 4.63. The fourth-order valence-electron chi connectivity index (χ4n) is 4.43. The Bertz CT molecular complexity index is 1220. The van der Waals surface area contributed by atoms with E-state index in [1.165, 1.54) is 50.2 Å². The number of carbonyl (C=O) groups excluding carboxylic acids is 1. The zero-order valence-electron chi connectivity index (χ0n) is 19.1. The van der Waals surface area contributed by atoms with Gasteiger partial charge < -0.3 is 26.2 Å². The zero-order valence-corrected chi connectivity index (χ0v) is 19.9. The molecule has 9 nitrogen and oxygen atoms in total. The van der Waals surface area contributed by atoms with Gasteiger partial charge in [-0.1, -0.05) is 6.07 Å². The first-order chi connectivity index (χ1) is 15.7. The summed E-state index contributed by atoms with van der Waals surface area (Å²) in [5.41, 5.74) is 9.26. The third-order valence-electron chi connectivity index (χ3n) is 6.66. The number of rotatable bonds is 6. The van der Waals surface area contributed by atoms with Crippen LogP contribution in [-0.4, -0.2) is 53.3 Å². The number of carboxylic acid groups (broad SMARTS) is 1. The molecule has 1 heterocycles. The monoisotopic (exact) mass is 493 g/mol. The molecule has 0 aliphatic carbocycles. The second-order valence-electron chi connectivity index (χ2n) is 8.88. The van der Waals surface area contributed by atoms with Gasteiger partial charge in [-0.25, -0.2) is 17.6 Å². The number of urea groups is 1. The summed E-state index contributed by atoms with van der Waals surface area (Å²) in [6, 6.07) is 8.99. The Morgan fingerprint density at radius 2 is 1.82 bits per heavy atom. The maximum absolute atomic E-state index is 13.5. The molecule has 1 fully saturated rings. The van der Waals surface area contributed by atoms with Gasteiger partial charge in [0.1, 0.15) is 18.2 Å². The maximum Gasteiger partial charge on any atom is 0.327 e. The number of aryl methyl sites for hydroxylation is 1. The minimum atomic E-state index is -4.21. The predicted octanol–water partition coefficient (Wildman–Crippen LogP) is 2.20. The molecule has 1 aliphatic rings. The molecule has 2 aromatic rings. The largest absolute Gasteiger partial charge is 0.489 e. The van der Waals surface area contributed by atoms with Crippen molar-refractivity contribution in [3.05, 3.63) is 59.4 Å². The molecular weight excluding hydrogens is 465 g/mol. The summed E-state index contributed by atoms with van der Waals surface area (Å²) >= 11 is 0. The van der Waals surface area contributed by atoms with Crippen LogP contribution in [0.25, 0.3) is 0 Å². The lowest BCUT2D eigenvalue weighted by atomic mass is 9.72. The minimum Gasteiger partial charge on any atom is -0.489 e. The highest BCUT2D eigenvalue weighted by Gasteiger charge is 2.63. The molecule has 0 spiro atoms. The standard InChI is InChI=1S/C23H28FN3O6S/c1-14-12-16(24)5-4-15(14)13-33-17-6-8-18(9-7-17)34(31,32)19-10-11-27(21(25)30)22(2,3)23(19,26)20(28)29/h4-9,12,19H,10-11,13,26H2,1-3H3,(H2,25,30)(H,28,29). The van der Waals surface area contributed by atoms with E-state index in [-0.39, 0.29) is 30.3 Å². The Morgan fingerprint density at radius 1 is 1.21 bits per heavy atom.